The topological polar surface area (TPSA) is 98.8 Å². The number of nitrogens with zero attached hydrogens (tertiary/aromatic N) is 2. The van der Waals surface area contributed by atoms with Crippen molar-refractivity contribution in [1.82, 2.24) is 15.1 Å². The van der Waals surface area contributed by atoms with Gasteiger partial charge < -0.3 is 33.9 Å². The Hall–Kier alpha value is -4.94. The second-order valence-electron chi connectivity index (χ2n) is 12.6. The molecule has 52 heavy (non-hydrogen) atoms. The third-order valence-corrected chi connectivity index (χ3v) is 9.41. The molecule has 0 saturated carbocycles. The Balaban J connectivity index is 1.23. The van der Waals surface area contributed by atoms with Crippen molar-refractivity contribution in [2.45, 2.75) is 45.8 Å². The molecular weight excluding hydrogens is 672 g/mol. The summed E-state index contributed by atoms with van der Waals surface area (Å²) < 4.78 is 53.6. The summed E-state index contributed by atoms with van der Waals surface area (Å²) in [6.07, 6.45) is 0.585. The average Bonchev–Trinajstić information content (AvgIpc) is 3.14. The van der Waals surface area contributed by atoms with Gasteiger partial charge in [0, 0.05) is 49.7 Å². The minimum absolute atomic E-state index is 0.0573. The van der Waals surface area contributed by atoms with Gasteiger partial charge in [-0.05, 0) is 68.7 Å². The lowest BCUT2D eigenvalue weighted by Gasteiger charge is -2.40. The maximum absolute atomic E-state index is 13.8. The van der Waals surface area contributed by atoms with E-state index < -0.39 is 24.5 Å². The van der Waals surface area contributed by atoms with Crippen LogP contribution in [0.5, 0.6) is 17.2 Å². The molecule has 3 aromatic carbocycles. The maximum Gasteiger partial charge on any atom is 0.387 e. The van der Waals surface area contributed by atoms with Gasteiger partial charge in [0.05, 0.1) is 50.5 Å². The van der Waals surface area contributed by atoms with Crippen molar-refractivity contribution in [2.24, 2.45) is 0 Å². The Morgan fingerprint density at radius 2 is 1.33 bits per heavy atom. The van der Waals surface area contributed by atoms with Gasteiger partial charge in [0.25, 0.3) is 0 Å². The van der Waals surface area contributed by atoms with Gasteiger partial charge in [-0.15, -0.1) is 0 Å². The highest BCUT2D eigenvalue weighted by atomic mass is 19.3. The Morgan fingerprint density at radius 3 is 1.85 bits per heavy atom. The zero-order valence-corrected chi connectivity index (χ0v) is 30.3. The lowest BCUT2D eigenvalue weighted by atomic mass is 9.80. The molecule has 278 valence electrons. The first-order valence-corrected chi connectivity index (χ1v) is 17.5. The number of para-hydroxylation sites is 1. The number of ether oxygens (including phenoxy) is 5. The molecule has 1 fully saturated rings. The smallest absolute Gasteiger partial charge is 0.387 e. The fraction of sp³-hybridized carbons (Fsp3) is 0.400. The van der Waals surface area contributed by atoms with Crippen LogP contribution in [0, 0.1) is 0 Å². The van der Waals surface area contributed by atoms with Crippen LogP contribution in [0.15, 0.2) is 95.3 Å². The summed E-state index contributed by atoms with van der Waals surface area (Å²) in [5.74, 6) is -0.884. The summed E-state index contributed by atoms with van der Waals surface area (Å²) >= 11 is 0. The average molecular weight is 720 g/mol. The molecule has 12 heteroatoms. The van der Waals surface area contributed by atoms with Crippen LogP contribution in [-0.2, 0) is 19.1 Å². The molecular formula is C40H47F2N3O7. The molecule has 1 unspecified atom stereocenters. The van der Waals surface area contributed by atoms with Crippen LogP contribution in [0.2, 0.25) is 0 Å². The summed E-state index contributed by atoms with van der Waals surface area (Å²) in [6.45, 7) is 6.23. The molecule has 5 rings (SSSR count). The molecule has 0 aromatic heterocycles. The van der Waals surface area contributed by atoms with Crippen molar-refractivity contribution in [1.29, 1.82) is 0 Å². The van der Waals surface area contributed by atoms with E-state index in [-0.39, 0.29) is 41.7 Å². The number of esters is 2. The Morgan fingerprint density at radius 1 is 0.788 bits per heavy atom. The number of hydrogen-bond acceptors (Lipinski definition) is 10. The SMILES string of the molecule is CCOC(=O)C1=C(C)NC(C)=C(C(=O)OCCCN2CCN(C(c3ccc(OC)cc3)c3ccc(OC)cc3)CC2)C1c1ccccc1OC(F)F. The van der Waals surface area contributed by atoms with Gasteiger partial charge in [0.15, 0.2) is 0 Å². The lowest BCUT2D eigenvalue weighted by Crippen LogP contribution is -2.48. The Labute approximate surface area is 303 Å². The normalized spacial score (nSPS) is 16.9. The number of allylic oxidation sites excluding steroid dienone is 2. The predicted octanol–water partition coefficient (Wildman–Crippen LogP) is 6.44. The number of nitrogens with one attached hydrogen (secondary N) is 1. The number of carbonyl (C=O) groups excluding carboxylic acids is 2. The fourth-order valence-electron chi connectivity index (χ4n) is 6.94. The van der Waals surface area contributed by atoms with Crippen molar-refractivity contribution in [2.75, 3.05) is 60.2 Å². The van der Waals surface area contributed by atoms with Gasteiger partial charge in [-0.1, -0.05) is 42.5 Å². The fourth-order valence-corrected chi connectivity index (χ4v) is 6.94. The molecule has 0 bridgehead atoms. The Bertz CT molecular complexity index is 1690. The number of benzene rings is 3. The van der Waals surface area contributed by atoms with Crippen LogP contribution in [0.1, 0.15) is 55.8 Å². The molecule has 0 radical (unpaired) electrons. The van der Waals surface area contributed by atoms with E-state index in [1.54, 1.807) is 53.2 Å². The molecule has 1 saturated heterocycles. The molecule has 10 nitrogen and oxygen atoms in total. The van der Waals surface area contributed by atoms with Crippen molar-refractivity contribution < 1.29 is 42.1 Å². The third-order valence-electron chi connectivity index (χ3n) is 9.41. The van der Waals surface area contributed by atoms with E-state index in [4.69, 9.17) is 23.7 Å². The van der Waals surface area contributed by atoms with E-state index >= 15 is 0 Å². The number of piperazine rings is 1. The van der Waals surface area contributed by atoms with E-state index in [2.05, 4.69) is 39.4 Å². The van der Waals surface area contributed by atoms with Gasteiger partial charge in [0.2, 0.25) is 0 Å². The molecule has 1 atom stereocenters. The summed E-state index contributed by atoms with van der Waals surface area (Å²) in [7, 11) is 3.32. The zero-order chi connectivity index (χ0) is 37.2. The second-order valence-corrected chi connectivity index (χ2v) is 12.6. The van der Waals surface area contributed by atoms with Gasteiger partial charge in [-0.3, -0.25) is 4.90 Å². The van der Waals surface area contributed by atoms with Crippen LogP contribution in [0.3, 0.4) is 0 Å². The summed E-state index contributed by atoms with van der Waals surface area (Å²) in [5.41, 5.74) is 3.74. The first-order chi connectivity index (χ1) is 25.1. The monoisotopic (exact) mass is 719 g/mol. The highest BCUT2D eigenvalue weighted by Crippen LogP contribution is 2.43. The van der Waals surface area contributed by atoms with Crippen LogP contribution in [-0.4, -0.2) is 88.5 Å². The number of methoxy groups -OCH3 is 2. The van der Waals surface area contributed by atoms with Crippen molar-refractivity contribution in [3.8, 4) is 17.2 Å². The van der Waals surface area contributed by atoms with Gasteiger partial charge in [-0.25, -0.2) is 9.59 Å². The van der Waals surface area contributed by atoms with E-state index in [1.165, 1.54) is 17.2 Å². The van der Waals surface area contributed by atoms with Gasteiger partial charge >= 0.3 is 18.6 Å². The molecule has 3 aromatic rings. The van der Waals surface area contributed by atoms with Crippen LogP contribution in [0.4, 0.5) is 8.78 Å². The van der Waals surface area contributed by atoms with E-state index in [9.17, 15) is 18.4 Å². The van der Waals surface area contributed by atoms with Crippen molar-refractivity contribution >= 4 is 11.9 Å². The van der Waals surface area contributed by atoms with Crippen LogP contribution < -0.4 is 19.5 Å². The number of halogens is 2. The Kier molecular flexibility index (Phi) is 13.3. The summed E-state index contributed by atoms with van der Waals surface area (Å²) in [5, 5.41) is 3.09. The molecule has 2 heterocycles. The highest BCUT2D eigenvalue weighted by molar-refractivity contribution is 6.00. The minimum Gasteiger partial charge on any atom is -0.497 e. The number of alkyl halides is 2. The first kappa shape index (κ1) is 38.3. The maximum atomic E-state index is 13.8. The van der Waals surface area contributed by atoms with Crippen LogP contribution >= 0.6 is 0 Å². The second kappa shape index (κ2) is 18.0. The van der Waals surface area contributed by atoms with E-state index in [0.29, 0.717) is 24.4 Å². The number of rotatable bonds is 15. The summed E-state index contributed by atoms with van der Waals surface area (Å²) in [4.78, 5) is 31.8. The highest BCUT2D eigenvalue weighted by Gasteiger charge is 2.39. The number of dihydropyridines is 1. The van der Waals surface area contributed by atoms with Gasteiger partial charge in [0.1, 0.15) is 17.2 Å². The standard InChI is InChI=1S/C40H47F2N3O7/c1-6-50-38(46)34-26(2)43-27(3)35(36(34)32-10-7-8-11-33(32)52-40(41)42)39(47)51-25-9-20-44-21-23-45(24-22-44)37(28-12-16-30(48-4)17-13-28)29-14-18-31(49-5)19-15-29/h7-8,10-19,36-37,40,43H,6,9,20-25H2,1-5H3. The molecule has 2 aliphatic heterocycles. The molecule has 0 aliphatic carbocycles. The largest absolute Gasteiger partial charge is 0.497 e. The minimum atomic E-state index is -3.10. The predicted molar refractivity (Wildman–Crippen MR) is 192 cm³/mol. The van der Waals surface area contributed by atoms with Crippen molar-refractivity contribution in [3.05, 3.63) is 112 Å². The molecule has 0 spiro atoms. The quantitative estimate of drug-likeness (QED) is 0.140. The van der Waals surface area contributed by atoms with Crippen LogP contribution in [0.25, 0.3) is 0 Å². The van der Waals surface area contributed by atoms with Crippen molar-refractivity contribution in [3.63, 3.8) is 0 Å². The number of hydrogen-bond donors (Lipinski definition) is 1. The zero-order valence-electron chi connectivity index (χ0n) is 30.3. The van der Waals surface area contributed by atoms with E-state index in [0.717, 1.165) is 37.7 Å². The first-order valence-electron chi connectivity index (χ1n) is 17.5. The molecule has 2 aliphatic rings. The van der Waals surface area contributed by atoms with E-state index in [1.807, 2.05) is 24.3 Å². The van der Waals surface area contributed by atoms with Gasteiger partial charge in [-0.2, -0.15) is 8.78 Å². The molecule has 1 N–H and O–H groups in total. The third kappa shape index (κ3) is 9.10. The lowest BCUT2D eigenvalue weighted by molar-refractivity contribution is -0.140. The summed E-state index contributed by atoms with van der Waals surface area (Å²) in [6, 6.07) is 22.6. The number of carbonyl (C=O) groups is 2. The molecule has 0 amide bonds.